The van der Waals surface area contributed by atoms with Gasteiger partial charge in [-0.3, -0.25) is 0 Å². The Morgan fingerprint density at radius 2 is 0.429 bits per heavy atom. The summed E-state index contributed by atoms with van der Waals surface area (Å²) in [6, 6.07) is 0. The first kappa shape index (κ1) is 105. The molecule has 2 N–H and O–H groups in total. The van der Waals surface area contributed by atoms with Crippen molar-refractivity contribution in [3.63, 3.8) is 0 Å². The zero-order valence-electron chi connectivity index (χ0n) is 3.21. The van der Waals surface area contributed by atoms with Crippen LogP contribution in [0.15, 0.2) is 0 Å². The molecule has 6 radical (unpaired) electrons. The summed E-state index contributed by atoms with van der Waals surface area (Å²) in [6.07, 6.45) is 0. The average molecular weight is 688 g/mol. The van der Waals surface area contributed by atoms with Crippen LogP contribution in [0, 0.1) is 0 Å². The zero-order valence-corrected chi connectivity index (χ0v) is 14.9. The largest absolute Gasteiger partial charge is 2.00 e. The quantitative estimate of drug-likeness (QED) is 0.282. The van der Waals surface area contributed by atoms with E-state index < -0.39 is 0 Å². The van der Waals surface area contributed by atoms with Gasteiger partial charge in [0.2, 0.25) is 0 Å². The maximum absolute atomic E-state index is 0. The molecule has 0 aromatic rings. The van der Waals surface area contributed by atoms with Crippen LogP contribution in [0.1, 0.15) is 0 Å². The average Bonchev–Trinajstić information content (AvgIpc) is 0. The van der Waals surface area contributed by atoms with Gasteiger partial charge in [0.15, 0.2) is 0 Å². The first-order valence-electron chi connectivity index (χ1n) is 0. The Kier molecular flexibility index (Phi) is 1100. The van der Waals surface area contributed by atoms with E-state index in [0.717, 1.165) is 0 Å². The molecule has 0 aliphatic carbocycles. The molecule has 0 atom stereocenters. The fourth-order valence-corrected chi connectivity index (χ4v) is 0. The van der Waals surface area contributed by atoms with Crippen molar-refractivity contribution in [1.29, 1.82) is 0 Å². The molecule has 4 nitrogen and oxygen atoms in total. The first-order valence-corrected chi connectivity index (χ1v) is 0. The summed E-state index contributed by atoms with van der Waals surface area (Å²) in [7, 11) is 0. The summed E-state index contributed by atoms with van der Waals surface area (Å²) in [5.41, 5.74) is 0. The minimum atomic E-state index is 0. The minimum Gasteiger partial charge on any atom is -2.00 e. The molecule has 0 rings (SSSR count). The maximum atomic E-state index is 0. The van der Waals surface area contributed by atoms with Crippen molar-refractivity contribution >= 4 is 81.9 Å². The Labute approximate surface area is 102 Å². The molecule has 0 aromatic heterocycles. The van der Waals surface area contributed by atoms with Gasteiger partial charge >= 0.3 is 81.9 Å². The van der Waals surface area contributed by atoms with Crippen LogP contribution in [0.4, 0.5) is 0 Å². The van der Waals surface area contributed by atoms with Gasteiger partial charge in [0, 0.05) is 0 Å². The molecular formula is H2O4Pb3. The van der Waals surface area contributed by atoms with Gasteiger partial charge < -0.3 is 21.9 Å². The van der Waals surface area contributed by atoms with Crippen LogP contribution in [0.5, 0.6) is 0 Å². The molecule has 0 bridgehead atoms. The van der Waals surface area contributed by atoms with Crippen molar-refractivity contribution in [2.24, 2.45) is 0 Å². The molecule has 0 fully saturated rings. The van der Waals surface area contributed by atoms with E-state index in [4.69, 9.17) is 0 Å². The molecule has 0 amide bonds. The molecule has 0 aliphatic rings. The molecule has 0 aromatic carbocycles. The molecular weight excluding hydrogens is 686 g/mol. The van der Waals surface area contributed by atoms with Gasteiger partial charge in [-0.1, -0.05) is 0 Å². The Hall–Kier alpha value is 2.61. The summed E-state index contributed by atoms with van der Waals surface area (Å²) in [4.78, 5) is 0. The topological polar surface area (TPSA) is 117 Å². The fraction of sp³-hybridized carbons (Fsp3) is 0. The van der Waals surface area contributed by atoms with Gasteiger partial charge in [-0.25, -0.2) is 0 Å². The van der Waals surface area contributed by atoms with Crippen molar-refractivity contribution in [2.45, 2.75) is 0 Å². The summed E-state index contributed by atoms with van der Waals surface area (Å²) in [5, 5.41) is 0. The molecule has 0 spiro atoms. The minimum absolute atomic E-state index is 0. The number of hydrogen-bond acceptors (Lipinski definition) is 2. The smallest absolute Gasteiger partial charge is 2.00 e. The second-order valence-electron chi connectivity index (χ2n) is 0. The SMILES string of the molecule is [O-2].[O-2].[OH-].[OH-].[Pb+2].[Pb+2].[Pb+2]. The van der Waals surface area contributed by atoms with Crippen LogP contribution in [0.25, 0.3) is 0 Å². The molecule has 0 heterocycles. The van der Waals surface area contributed by atoms with E-state index in [9.17, 15) is 0 Å². The monoisotopic (exact) mass is 690 g/mol. The molecule has 0 unspecified atom stereocenters. The van der Waals surface area contributed by atoms with Crippen LogP contribution < -0.4 is 0 Å². The second kappa shape index (κ2) is 73.3. The third kappa shape index (κ3) is 55.3. The van der Waals surface area contributed by atoms with Gasteiger partial charge in [0.1, 0.15) is 0 Å². The Balaban J connectivity index is 0. The number of hydrogen-bond donors (Lipinski definition) is 0. The van der Waals surface area contributed by atoms with Gasteiger partial charge in [-0.15, -0.1) is 0 Å². The normalized spacial score (nSPS) is 0. The van der Waals surface area contributed by atoms with E-state index >= 15 is 0 Å². The van der Waals surface area contributed by atoms with E-state index in [1.54, 1.807) is 0 Å². The van der Waals surface area contributed by atoms with Crippen molar-refractivity contribution in [3.8, 4) is 0 Å². The van der Waals surface area contributed by atoms with Crippen LogP contribution >= 0.6 is 0 Å². The summed E-state index contributed by atoms with van der Waals surface area (Å²) in [6.45, 7) is 0. The molecule has 0 aliphatic heterocycles. The van der Waals surface area contributed by atoms with Gasteiger partial charge in [-0.2, -0.15) is 0 Å². The second-order valence-corrected chi connectivity index (χ2v) is 0. The molecule has 7 heteroatoms. The van der Waals surface area contributed by atoms with Crippen molar-refractivity contribution in [2.75, 3.05) is 0 Å². The van der Waals surface area contributed by atoms with Crippen LogP contribution in [0.3, 0.4) is 0 Å². The summed E-state index contributed by atoms with van der Waals surface area (Å²) >= 11 is 0. The van der Waals surface area contributed by atoms with Gasteiger partial charge in [0.25, 0.3) is 0 Å². The molecule has 7 heavy (non-hydrogen) atoms. The third-order valence-corrected chi connectivity index (χ3v) is 0. The predicted molar refractivity (Wildman–Crippen MR) is 22.5 cm³/mol. The predicted octanol–water partition coefficient (Wildman–Crippen LogP) is -1.73. The van der Waals surface area contributed by atoms with Gasteiger partial charge in [-0.05, 0) is 0 Å². The molecule has 0 saturated carbocycles. The van der Waals surface area contributed by atoms with Crippen LogP contribution in [-0.4, -0.2) is 92.8 Å². The zero-order chi connectivity index (χ0) is 0. The third-order valence-electron chi connectivity index (χ3n) is 0. The first-order chi connectivity index (χ1) is 0. The Bertz CT molecular complexity index is 6.90. The standard InChI is InChI=1S/2H2O.2O.3Pb/h2*1H2;;;;;/q;;2*-2;3*+2/p-2. The van der Waals surface area contributed by atoms with E-state index in [1.807, 2.05) is 0 Å². The van der Waals surface area contributed by atoms with Crippen LogP contribution in [-0.2, 0) is 11.0 Å². The molecule has 38 valence electrons. The van der Waals surface area contributed by atoms with E-state index in [-0.39, 0.29) is 104 Å². The maximum Gasteiger partial charge on any atom is 2.00 e. The van der Waals surface area contributed by atoms with E-state index in [2.05, 4.69) is 0 Å². The molecule has 0 saturated heterocycles. The number of rotatable bonds is 0. The van der Waals surface area contributed by atoms with E-state index in [0.29, 0.717) is 0 Å². The summed E-state index contributed by atoms with van der Waals surface area (Å²) in [5.74, 6) is 0. The van der Waals surface area contributed by atoms with Crippen molar-refractivity contribution < 1.29 is 21.9 Å². The summed E-state index contributed by atoms with van der Waals surface area (Å²) < 4.78 is 0. The Morgan fingerprint density at radius 3 is 0.429 bits per heavy atom. The van der Waals surface area contributed by atoms with Crippen molar-refractivity contribution in [1.82, 2.24) is 0 Å². The van der Waals surface area contributed by atoms with Gasteiger partial charge in [0.05, 0.1) is 0 Å². The van der Waals surface area contributed by atoms with Crippen LogP contribution in [0.2, 0.25) is 0 Å². The fourth-order valence-electron chi connectivity index (χ4n) is 0. The van der Waals surface area contributed by atoms with E-state index in [1.165, 1.54) is 0 Å². The van der Waals surface area contributed by atoms with Crippen molar-refractivity contribution in [3.05, 3.63) is 0 Å². The Morgan fingerprint density at radius 1 is 0.429 bits per heavy atom.